The third kappa shape index (κ3) is 6.73. The first-order valence-electron chi connectivity index (χ1n) is 10.3. The molecule has 0 aliphatic carbocycles. The molecule has 2 rings (SSSR count). The zero-order chi connectivity index (χ0) is 25.5. The van der Waals surface area contributed by atoms with Crippen molar-refractivity contribution in [3.05, 3.63) is 52.1 Å². The second kappa shape index (κ2) is 11.5. The number of nitrogens with one attached hydrogen (secondary N) is 1. The highest BCUT2D eigenvalue weighted by Gasteiger charge is 2.24. The Labute approximate surface area is 198 Å². The van der Waals surface area contributed by atoms with E-state index in [9.17, 15) is 23.3 Å². The lowest BCUT2D eigenvalue weighted by molar-refractivity contribution is -0.384. The predicted molar refractivity (Wildman–Crippen MR) is 127 cm³/mol. The maximum atomic E-state index is 12.5. The Hall–Kier alpha value is -3.54. The molecule has 12 heteroatoms. The fourth-order valence-corrected chi connectivity index (χ4v) is 4.36. The molecular formula is C22H29N3O8S. The third-order valence-corrected chi connectivity index (χ3v) is 6.27. The number of ether oxygens (including phenoxy) is 3. The minimum Gasteiger partial charge on any atom is -0.497 e. The SMILES string of the molecule is COc1ccc(OC)c(C(C)NC(=O)CCCN(c2cc([N+](=O)[O-])ccc2OC)S(C)(=O)=O)c1. The molecule has 0 aromatic heterocycles. The first-order valence-corrected chi connectivity index (χ1v) is 12.2. The van der Waals surface area contributed by atoms with Crippen LogP contribution in [0.25, 0.3) is 0 Å². The van der Waals surface area contributed by atoms with Gasteiger partial charge in [0.1, 0.15) is 22.9 Å². The number of amides is 1. The van der Waals surface area contributed by atoms with E-state index in [1.165, 1.54) is 26.4 Å². The van der Waals surface area contributed by atoms with E-state index in [0.29, 0.717) is 11.5 Å². The standard InChI is InChI=1S/C22H29N3O8S/c1-15(18-14-17(31-2)9-11-20(18)32-3)23-22(26)7-6-12-24(34(5,29)30)19-13-16(25(27)28)8-10-21(19)33-4/h8-11,13-15H,6-7,12H2,1-5H3,(H,23,26). The summed E-state index contributed by atoms with van der Waals surface area (Å²) in [6.45, 7) is 1.73. The van der Waals surface area contributed by atoms with Crippen LogP contribution >= 0.6 is 0 Å². The van der Waals surface area contributed by atoms with Crippen LogP contribution in [0.3, 0.4) is 0 Å². The minimum atomic E-state index is -3.81. The van der Waals surface area contributed by atoms with E-state index in [1.54, 1.807) is 32.2 Å². The molecule has 0 spiro atoms. The number of hydrogen-bond acceptors (Lipinski definition) is 8. The van der Waals surface area contributed by atoms with Gasteiger partial charge in [-0.15, -0.1) is 0 Å². The van der Waals surface area contributed by atoms with Crippen molar-refractivity contribution in [2.45, 2.75) is 25.8 Å². The molecule has 0 bridgehead atoms. The van der Waals surface area contributed by atoms with Crippen LogP contribution in [-0.2, 0) is 14.8 Å². The number of nitrogens with zero attached hydrogens (tertiary/aromatic N) is 2. The molecule has 1 N–H and O–H groups in total. The predicted octanol–water partition coefficient (Wildman–Crippen LogP) is 3.04. The lowest BCUT2D eigenvalue weighted by atomic mass is 10.1. The Morgan fingerprint density at radius 1 is 1.09 bits per heavy atom. The maximum absolute atomic E-state index is 12.5. The summed E-state index contributed by atoms with van der Waals surface area (Å²) in [5.41, 5.74) is 0.492. The summed E-state index contributed by atoms with van der Waals surface area (Å²) in [6, 6.07) is 8.57. The highest BCUT2D eigenvalue weighted by Crippen LogP contribution is 2.34. The number of carbonyl (C=O) groups is 1. The van der Waals surface area contributed by atoms with Crippen molar-refractivity contribution >= 4 is 27.3 Å². The molecule has 186 valence electrons. The fraction of sp³-hybridized carbons (Fsp3) is 0.409. The number of non-ortho nitro benzene ring substituents is 1. The molecule has 0 aliphatic rings. The molecule has 0 saturated carbocycles. The van der Waals surface area contributed by atoms with Crippen molar-refractivity contribution in [2.75, 3.05) is 38.4 Å². The van der Waals surface area contributed by atoms with Gasteiger partial charge in [0.25, 0.3) is 5.69 Å². The molecule has 11 nitrogen and oxygen atoms in total. The van der Waals surface area contributed by atoms with Crippen molar-refractivity contribution in [3.63, 3.8) is 0 Å². The second-order valence-corrected chi connectivity index (χ2v) is 9.36. The Morgan fingerprint density at radius 2 is 1.74 bits per heavy atom. The summed E-state index contributed by atoms with van der Waals surface area (Å²) in [7, 11) is 0.605. The quantitative estimate of drug-likeness (QED) is 0.350. The highest BCUT2D eigenvalue weighted by molar-refractivity contribution is 7.92. The first kappa shape index (κ1) is 26.7. The van der Waals surface area contributed by atoms with Crippen LogP contribution < -0.4 is 23.8 Å². The van der Waals surface area contributed by atoms with E-state index in [1.807, 2.05) is 0 Å². The van der Waals surface area contributed by atoms with Gasteiger partial charge in [-0.2, -0.15) is 0 Å². The van der Waals surface area contributed by atoms with Crippen LogP contribution in [0, 0.1) is 10.1 Å². The van der Waals surface area contributed by atoms with Crippen LogP contribution in [0.5, 0.6) is 17.2 Å². The van der Waals surface area contributed by atoms with Gasteiger partial charge >= 0.3 is 0 Å². The van der Waals surface area contributed by atoms with Crippen LogP contribution in [0.1, 0.15) is 31.4 Å². The molecule has 1 atom stereocenters. The summed E-state index contributed by atoms with van der Waals surface area (Å²) < 4.78 is 41.6. The number of rotatable bonds is 12. The topological polar surface area (TPSA) is 137 Å². The first-order chi connectivity index (χ1) is 16.0. The van der Waals surface area contributed by atoms with Gasteiger partial charge in [0, 0.05) is 30.7 Å². The maximum Gasteiger partial charge on any atom is 0.271 e. The van der Waals surface area contributed by atoms with E-state index in [-0.39, 0.29) is 48.5 Å². The lowest BCUT2D eigenvalue weighted by Gasteiger charge is -2.24. The zero-order valence-electron chi connectivity index (χ0n) is 19.7. The van der Waals surface area contributed by atoms with E-state index in [2.05, 4.69) is 5.32 Å². The second-order valence-electron chi connectivity index (χ2n) is 7.45. The summed E-state index contributed by atoms with van der Waals surface area (Å²) in [5, 5.41) is 14.0. The van der Waals surface area contributed by atoms with Crippen molar-refractivity contribution in [1.82, 2.24) is 5.32 Å². The smallest absolute Gasteiger partial charge is 0.271 e. The number of sulfonamides is 1. The summed E-state index contributed by atoms with van der Waals surface area (Å²) in [4.78, 5) is 23.1. The Morgan fingerprint density at radius 3 is 2.29 bits per heavy atom. The Balaban J connectivity index is 2.12. The lowest BCUT2D eigenvalue weighted by Crippen LogP contribution is -2.33. The third-order valence-electron chi connectivity index (χ3n) is 5.09. The van der Waals surface area contributed by atoms with Gasteiger partial charge in [0.2, 0.25) is 15.9 Å². The fourth-order valence-electron chi connectivity index (χ4n) is 3.40. The van der Waals surface area contributed by atoms with E-state index < -0.39 is 14.9 Å². The number of anilines is 1. The number of benzene rings is 2. The largest absolute Gasteiger partial charge is 0.497 e. The van der Waals surface area contributed by atoms with Crippen LogP contribution in [0.15, 0.2) is 36.4 Å². The van der Waals surface area contributed by atoms with Gasteiger partial charge in [-0.1, -0.05) is 0 Å². The number of nitro benzene ring substituents is 1. The van der Waals surface area contributed by atoms with E-state index in [4.69, 9.17) is 14.2 Å². The molecular weight excluding hydrogens is 466 g/mol. The van der Waals surface area contributed by atoms with Crippen molar-refractivity contribution < 1.29 is 32.3 Å². The summed E-state index contributed by atoms with van der Waals surface area (Å²) >= 11 is 0. The van der Waals surface area contributed by atoms with Gasteiger partial charge in [-0.25, -0.2) is 8.42 Å². The average molecular weight is 496 g/mol. The number of carbonyl (C=O) groups excluding carboxylic acids is 1. The van der Waals surface area contributed by atoms with Gasteiger partial charge in [-0.05, 0) is 37.6 Å². The molecule has 0 fully saturated rings. The van der Waals surface area contributed by atoms with Crippen molar-refractivity contribution in [1.29, 1.82) is 0 Å². The van der Waals surface area contributed by atoms with Gasteiger partial charge < -0.3 is 19.5 Å². The molecule has 34 heavy (non-hydrogen) atoms. The zero-order valence-corrected chi connectivity index (χ0v) is 20.5. The molecule has 2 aromatic rings. The van der Waals surface area contributed by atoms with Gasteiger partial charge in [0.05, 0.1) is 38.6 Å². The Bertz CT molecular complexity index is 1140. The number of methoxy groups -OCH3 is 3. The van der Waals surface area contributed by atoms with Crippen molar-refractivity contribution in [3.8, 4) is 17.2 Å². The Kier molecular flexibility index (Phi) is 9.07. The molecule has 0 heterocycles. The summed E-state index contributed by atoms with van der Waals surface area (Å²) in [6.07, 6.45) is 1.19. The normalized spacial score (nSPS) is 11.9. The number of nitro groups is 1. The van der Waals surface area contributed by atoms with E-state index in [0.717, 1.165) is 22.2 Å². The van der Waals surface area contributed by atoms with E-state index >= 15 is 0 Å². The van der Waals surface area contributed by atoms with Crippen molar-refractivity contribution in [2.24, 2.45) is 0 Å². The molecule has 0 radical (unpaired) electrons. The number of hydrogen-bond donors (Lipinski definition) is 1. The van der Waals surface area contributed by atoms with Crippen LogP contribution in [0.4, 0.5) is 11.4 Å². The summed E-state index contributed by atoms with van der Waals surface area (Å²) in [5.74, 6) is 1.08. The highest BCUT2D eigenvalue weighted by atomic mass is 32.2. The van der Waals surface area contributed by atoms with Crippen LogP contribution in [0.2, 0.25) is 0 Å². The molecule has 1 amide bonds. The molecule has 2 aromatic carbocycles. The van der Waals surface area contributed by atoms with Gasteiger partial charge in [0.15, 0.2) is 0 Å². The monoisotopic (exact) mass is 495 g/mol. The van der Waals surface area contributed by atoms with Crippen LogP contribution in [-0.4, -0.2) is 53.4 Å². The molecule has 0 saturated heterocycles. The average Bonchev–Trinajstić information content (AvgIpc) is 2.80. The minimum absolute atomic E-state index is 0.0277. The molecule has 1 unspecified atom stereocenters. The molecule has 0 aliphatic heterocycles. The van der Waals surface area contributed by atoms with Gasteiger partial charge in [-0.3, -0.25) is 19.2 Å².